The molecule has 2 N–H and O–H groups in total. The Bertz CT molecular complexity index is 73.5. The van der Waals surface area contributed by atoms with Crippen LogP contribution in [-0.4, -0.2) is 21.8 Å². The van der Waals surface area contributed by atoms with Crippen molar-refractivity contribution >= 4 is 0 Å². The minimum atomic E-state index is -1.27. The molecule has 0 saturated heterocycles. The van der Waals surface area contributed by atoms with Crippen molar-refractivity contribution in [1.29, 1.82) is 0 Å². The summed E-state index contributed by atoms with van der Waals surface area (Å²) in [4.78, 5) is 0. The van der Waals surface area contributed by atoms with Gasteiger partial charge in [-0.3, -0.25) is 0 Å². The van der Waals surface area contributed by atoms with Gasteiger partial charge in [0, 0.05) is 0 Å². The van der Waals surface area contributed by atoms with Crippen LogP contribution in [0, 0.1) is 0 Å². The second kappa shape index (κ2) is 2.25. The zero-order valence-corrected chi connectivity index (χ0v) is 6.30. The van der Waals surface area contributed by atoms with E-state index >= 15 is 0 Å². The molecule has 0 amide bonds. The van der Waals surface area contributed by atoms with Crippen molar-refractivity contribution < 1.29 is 14.9 Å². The molecule has 0 aliphatic rings. The van der Waals surface area contributed by atoms with Crippen LogP contribution in [0.5, 0.6) is 0 Å². The zero-order chi connectivity index (χ0) is 7.71. The molecule has 0 aromatic heterocycles. The molecule has 3 nitrogen and oxygen atoms in total. The molecule has 0 radical (unpaired) electrons. The average molecular weight is 134 g/mol. The highest BCUT2D eigenvalue weighted by atomic mass is 16.7. The lowest BCUT2D eigenvalue weighted by Gasteiger charge is -2.27. The monoisotopic (exact) mass is 134 g/mol. The van der Waals surface area contributed by atoms with Crippen LogP contribution in [0.1, 0.15) is 27.7 Å². The normalized spacial score (nSPS) is 14.0. The molecule has 0 unspecified atom stereocenters. The summed E-state index contributed by atoms with van der Waals surface area (Å²) in [5, 5.41) is 17.9. The fourth-order valence-electron chi connectivity index (χ4n) is 0.611. The third-order valence-electron chi connectivity index (χ3n) is 0.500. The zero-order valence-electron chi connectivity index (χ0n) is 6.30. The van der Waals surface area contributed by atoms with E-state index in [0.717, 1.165) is 0 Å². The Hall–Kier alpha value is -0.120. The average Bonchev–Trinajstić information content (AvgIpc) is 1.14. The Morgan fingerprint density at radius 2 is 1.11 bits per heavy atom. The van der Waals surface area contributed by atoms with Crippen molar-refractivity contribution in [1.82, 2.24) is 0 Å². The van der Waals surface area contributed by atoms with Gasteiger partial charge in [-0.2, -0.15) is 0 Å². The van der Waals surface area contributed by atoms with Gasteiger partial charge < -0.3 is 14.9 Å². The van der Waals surface area contributed by atoms with Crippen LogP contribution >= 0.6 is 0 Å². The molecule has 0 aromatic carbocycles. The second-order valence-electron chi connectivity index (χ2n) is 3.00. The van der Waals surface area contributed by atoms with Gasteiger partial charge in [-0.25, -0.2) is 0 Å². The molecule has 56 valence electrons. The highest BCUT2D eigenvalue weighted by molar-refractivity contribution is 4.56. The maximum atomic E-state index is 8.97. The third kappa shape index (κ3) is 7.88. The topological polar surface area (TPSA) is 49.7 Å². The van der Waals surface area contributed by atoms with Crippen molar-refractivity contribution in [3.63, 3.8) is 0 Å². The van der Waals surface area contributed by atoms with E-state index < -0.39 is 11.6 Å². The molecule has 0 fully saturated rings. The summed E-state index contributed by atoms with van der Waals surface area (Å²) in [5.41, 5.74) is 0. The van der Waals surface area contributed by atoms with Crippen molar-refractivity contribution in [2.45, 2.75) is 39.3 Å². The lowest BCUT2D eigenvalue weighted by molar-refractivity contribution is -0.303. The molecular formula is C6H14O3. The van der Waals surface area contributed by atoms with Gasteiger partial charge >= 0.3 is 0 Å². The number of hydrogen-bond donors (Lipinski definition) is 2. The molecule has 0 atom stereocenters. The molecule has 9 heavy (non-hydrogen) atoms. The Morgan fingerprint density at radius 3 is 1.11 bits per heavy atom. The lowest BCUT2D eigenvalue weighted by Crippen LogP contribution is -2.36. The number of ether oxygens (including phenoxy) is 1. The van der Waals surface area contributed by atoms with Gasteiger partial charge in [-0.15, -0.1) is 0 Å². The van der Waals surface area contributed by atoms with Gasteiger partial charge in [-0.05, 0) is 27.7 Å². The fraction of sp³-hybridized carbons (Fsp3) is 1.00. The molecule has 0 aromatic rings. The quantitative estimate of drug-likeness (QED) is 0.539. The molecule has 0 aliphatic carbocycles. The Labute approximate surface area is 55.3 Å². The van der Waals surface area contributed by atoms with Gasteiger partial charge in [0.05, 0.1) is 0 Å². The molecule has 3 heteroatoms. The first kappa shape index (κ1) is 8.88. The maximum Gasteiger partial charge on any atom is 0.163 e. The first-order valence-corrected chi connectivity index (χ1v) is 2.86. The van der Waals surface area contributed by atoms with Gasteiger partial charge in [0.2, 0.25) is 0 Å². The van der Waals surface area contributed by atoms with E-state index in [1.54, 1.807) is 0 Å². The van der Waals surface area contributed by atoms with Crippen LogP contribution in [0.15, 0.2) is 0 Å². The molecular weight excluding hydrogens is 120 g/mol. The van der Waals surface area contributed by atoms with Crippen molar-refractivity contribution in [2.24, 2.45) is 0 Å². The SMILES string of the molecule is CC(C)(O)OC(C)(C)O. The minimum Gasteiger partial charge on any atom is -0.366 e. The van der Waals surface area contributed by atoms with Crippen LogP contribution < -0.4 is 0 Å². The summed E-state index contributed by atoms with van der Waals surface area (Å²) in [6.07, 6.45) is 0. The van der Waals surface area contributed by atoms with E-state index in [0.29, 0.717) is 0 Å². The largest absolute Gasteiger partial charge is 0.366 e. The van der Waals surface area contributed by atoms with Crippen LogP contribution in [0.3, 0.4) is 0 Å². The van der Waals surface area contributed by atoms with Crippen LogP contribution in [0.4, 0.5) is 0 Å². The number of hydrogen-bond acceptors (Lipinski definition) is 3. The Kier molecular flexibility index (Phi) is 2.22. The van der Waals surface area contributed by atoms with Gasteiger partial charge in [0.25, 0.3) is 0 Å². The summed E-state index contributed by atoms with van der Waals surface area (Å²) in [6.45, 7) is 5.85. The Balaban J connectivity index is 3.75. The second-order valence-corrected chi connectivity index (χ2v) is 3.00. The summed E-state index contributed by atoms with van der Waals surface area (Å²) in [7, 11) is 0. The molecule has 0 saturated carbocycles. The molecule has 0 spiro atoms. The first-order chi connectivity index (χ1) is 3.71. The van der Waals surface area contributed by atoms with Crippen molar-refractivity contribution in [3.05, 3.63) is 0 Å². The standard InChI is InChI=1S/C6H14O3/c1-5(2,7)9-6(3,4)8/h7-8H,1-4H3. The molecule has 0 rings (SSSR count). The van der Waals surface area contributed by atoms with E-state index in [1.165, 1.54) is 27.7 Å². The highest BCUT2D eigenvalue weighted by Gasteiger charge is 2.23. The smallest absolute Gasteiger partial charge is 0.163 e. The Morgan fingerprint density at radius 1 is 0.889 bits per heavy atom. The van der Waals surface area contributed by atoms with Crippen LogP contribution in [-0.2, 0) is 4.74 Å². The predicted octanol–water partition coefficient (Wildman–Crippen LogP) is 0.460. The van der Waals surface area contributed by atoms with Crippen LogP contribution in [0.25, 0.3) is 0 Å². The minimum absolute atomic E-state index is 1.27. The number of aliphatic hydroxyl groups is 2. The summed E-state index contributed by atoms with van der Waals surface area (Å²) in [6, 6.07) is 0. The summed E-state index contributed by atoms with van der Waals surface area (Å²) < 4.78 is 4.74. The van der Waals surface area contributed by atoms with E-state index in [-0.39, 0.29) is 0 Å². The summed E-state index contributed by atoms with van der Waals surface area (Å²) in [5.74, 6) is -2.53. The predicted molar refractivity (Wildman–Crippen MR) is 33.7 cm³/mol. The van der Waals surface area contributed by atoms with Gasteiger partial charge in [0.1, 0.15) is 0 Å². The molecule has 0 heterocycles. The lowest BCUT2D eigenvalue weighted by atomic mass is 10.3. The van der Waals surface area contributed by atoms with E-state index in [4.69, 9.17) is 14.9 Å². The van der Waals surface area contributed by atoms with Gasteiger partial charge in [-0.1, -0.05) is 0 Å². The van der Waals surface area contributed by atoms with Crippen molar-refractivity contribution in [3.8, 4) is 0 Å². The fourth-order valence-corrected chi connectivity index (χ4v) is 0.611. The maximum absolute atomic E-state index is 8.97. The highest BCUT2D eigenvalue weighted by Crippen LogP contribution is 2.13. The van der Waals surface area contributed by atoms with Crippen LogP contribution in [0.2, 0.25) is 0 Å². The van der Waals surface area contributed by atoms with E-state index in [1.807, 2.05) is 0 Å². The van der Waals surface area contributed by atoms with E-state index in [2.05, 4.69) is 0 Å². The van der Waals surface area contributed by atoms with Gasteiger partial charge in [0.15, 0.2) is 11.6 Å². The van der Waals surface area contributed by atoms with Crippen molar-refractivity contribution in [2.75, 3.05) is 0 Å². The first-order valence-electron chi connectivity index (χ1n) is 2.86. The molecule has 0 bridgehead atoms. The third-order valence-corrected chi connectivity index (χ3v) is 0.500. The van der Waals surface area contributed by atoms with E-state index in [9.17, 15) is 0 Å². The number of rotatable bonds is 2. The summed E-state index contributed by atoms with van der Waals surface area (Å²) >= 11 is 0. The molecule has 0 aliphatic heterocycles.